The highest BCUT2D eigenvalue weighted by atomic mass is 32.2. The number of benzene rings is 2. The Morgan fingerprint density at radius 3 is 2.27 bits per heavy atom. The Labute approximate surface area is 153 Å². The Balaban J connectivity index is 2.07. The molecule has 0 aliphatic rings. The second kappa shape index (κ2) is 8.20. The summed E-state index contributed by atoms with van der Waals surface area (Å²) in [4.78, 5) is 12.3. The zero-order valence-electron chi connectivity index (χ0n) is 15.1. The third-order valence-electron chi connectivity index (χ3n) is 3.81. The van der Waals surface area contributed by atoms with Crippen LogP contribution in [0.2, 0.25) is 0 Å². The number of hydrogen-bond acceptors (Lipinski definition) is 5. The van der Waals surface area contributed by atoms with Crippen molar-refractivity contribution in [3.8, 4) is 11.5 Å². The van der Waals surface area contributed by atoms with Crippen LogP contribution in [0.5, 0.6) is 11.5 Å². The zero-order chi connectivity index (χ0) is 19.3. The molecule has 0 saturated heterocycles. The van der Waals surface area contributed by atoms with Gasteiger partial charge in [-0.3, -0.25) is 4.79 Å². The zero-order valence-corrected chi connectivity index (χ0v) is 16.0. The number of likely N-dealkylation sites (N-methyl/N-ethyl adjacent to an activating group) is 1. The molecule has 2 aromatic carbocycles. The average Bonchev–Trinajstić information content (AvgIpc) is 2.62. The van der Waals surface area contributed by atoms with Crippen molar-refractivity contribution in [3.05, 3.63) is 48.0 Å². The lowest BCUT2D eigenvalue weighted by molar-refractivity contribution is -0.116. The molecule has 0 aliphatic carbocycles. The normalized spacial score (nSPS) is 11.3. The molecule has 1 amide bonds. The van der Waals surface area contributed by atoms with Crippen LogP contribution in [0.4, 0.5) is 5.69 Å². The Morgan fingerprint density at radius 1 is 1.08 bits per heavy atom. The Morgan fingerprint density at radius 2 is 1.73 bits per heavy atom. The molecule has 0 radical (unpaired) electrons. The van der Waals surface area contributed by atoms with Gasteiger partial charge in [-0.25, -0.2) is 8.42 Å². The number of anilines is 1. The minimum atomic E-state index is -3.79. The van der Waals surface area contributed by atoms with Gasteiger partial charge in [-0.2, -0.15) is 4.31 Å². The number of carbonyl (C=O) groups is 1. The molecule has 1 N–H and O–H groups in total. The first kappa shape index (κ1) is 19.7. The molecule has 0 unspecified atom stereocenters. The van der Waals surface area contributed by atoms with Crippen LogP contribution in [0.1, 0.15) is 5.56 Å². The van der Waals surface area contributed by atoms with Crippen molar-refractivity contribution in [3.63, 3.8) is 0 Å². The molecule has 0 saturated carbocycles. The highest BCUT2D eigenvalue weighted by Gasteiger charge is 2.23. The van der Waals surface area contributed by atoms with Gasteiger partial charge in [0.2, 0.25) is 15.9 Å². The van der Waals surface area contributed by atoms with Crippen molar-refractivity contribution in [1.82, 2.24) is 4.31 Å². The van der Waals surface area contributed by atoms with Gasteiger partial charge in [0.25, 0.3) is 0 Å². The van der Waals surface area contributed by atoms with Gasteiger partial charge in [0.15, 0.2) is 0 Å². The third kappa shape index (κ3) is 4.53. The first-order valence-electron chi connectivity index (χ1n) is 7.83. The van der Waals surface area contributed by atoms with Crippen molar-refractivity contribution >= 4 is 21.6 Å². The molecule has 0 spiro atoms. The minimum Gasteiger partial charge on any atom is -0.497 e. The fraction of sp³-hybridized carbons (Fsp3) is 0.278. The molecular weight excluding hydrogens is 356 g/mol. The number of nitrogens with one attached hydrogen (secondary N) is 1. The lowest BCUT2D eigenvalue weighted by atomic mass is 10.2. The summed E-state index contributed by atoms with van der Waals surface area (Å²) >= 11 is 0. The van der Waals surface area contributed by atoms with Crippen LogP contribution < -0.4 is 14.8 Å². The van der Waals surface area contributed by atoms with E-state index in [1.807, 2.05) is 0 Å². The van der Waals surface area contributed by atoms with Crippen LogP contribution in [0.25, 0.3) is 0 Å². The smallest absolute Gasteiger partial charge is 0.243 e. The van der Waals surface area contributed by atoms with Crippen LogP contribution in [-0.4, -0.2) is 46.4 Å². The van der Waals surface area contributed by atoms with E-state index in [1.54, 1.807) is 44.4 Å². The third-order valence-corrected chi connectivity index (χ3v) is 5.61. The molecule has 2 aromatic rings. The number of ether oxygens (including phenoxy) is 2. The number of methoxy groups -OCH3 is 2. The Hall–Kier alpha value is -2.58. The molecule has 8 heteroatoms. The minimum absolute atomic E-state index is 0.107. The molecule has 2 rings (SSSR count). The second-order valence-electron chi connectivity index (χ2n) is 5.67. The summed E-state index contributed by atoms with van der Waals surface area (Å²) in [5, 5.41) is 2.66. The maximum atomic E-state index is 12.6. The molecular formula is C18H22N2O5S. The summed E-state index contributed by atoms with van der Waals surface area (Å²) in [6, 6.07) is 11.3. The molecule has 0 bridgehead atoms. The van der Waals surface area contributed by atoms with Crippen molar-refractivity contribution in [2.24, 2.45) is 0 Å². The summed E-state index contributed by atoms with van der Waals surface area (Å²) in [6.07, 6.45) is 0. The Bertz CT molecular complexity index is 879. The number of sulfonamides is 1. The number of aryl methyl sites for hydroxylation is 1. The van der Waals surface area contributed by atoms with Gasteiger partial charge in [0.1, 0.15) is 11.5 Å². The van der Waals surface area contributed by atoms with Gasteiger partial charge in [-0.05, 0) is 55.0 Å². The van der Waals surface area contributed by atoms with Gasteiger partial charge < -0.3 is 14.8 Å². The summed E-state index contributed by atoms with van der Waals surface area (Å²) in [7, 11) is 0.646. The number of carbonyl (C=O) groups excluding carboxylic acids is 1. The maximum absolute atomic E-state index is 12.6. The molecule has 0 aromatic heterocycles. The average molecular weight is 378 g/mol. The first-order valence-corrected chi connectivity index (χ1v) is 9.27. The summed E-state index contributed by atoms with van der Waals surface area (Å²) in [6.45, 7) is 1.45. The molecule has 0 aliphatic heterocycles. The topological polar surface area (TPSA) is 84.9 Å². The number of amides is 1. The van der Waals surface area contributed by atoms with Gasteiger partial charge >= 0.3 is 0 Å². The van der Waals surface area contributed by atoms with Crippen LogP contribution in [0, 0.1) is 6.92 Å². The highest BCUT2D eigenvalue weighted by Crippen LogP contribution is 2.23. The van der Waals surface area contributed by atoms with Crippen molar-refractivity contribution in [2.45, 2.75) is 11.8 Å². The summed E-state index contributed by atoms with van der Waals surface area (Å²) in [5.74, 6) is 0.827. The van der Waals surface area contributed by atoms with Crippen LogP contribution in [0.15, 0.2) is 47.4 Å². The number of rotatable bonds is 7. The summed E-state index contributed by atoms with van der Waals surface area (Å²) < 4.78 is 36.5. The van der Waals surface area contributed by atoms with E-state index in [-0.39, 0.29) is 11.4 Å². The molecule has 0 heterocycles. The summed E-state index contributed by atoms with van der Waals surface area (Å²) in [5.41, 5.74) is 1.26. The van der Waals surface area contributed by atoms with Gasteiger partial charge in [-0.15, -0.1) is 0 Å². The fourth-order valence-corrected chi connectivity index (χ4v) is 3.57. The predicted molar refractivity (Wildman–Crippen MR) is 99.2 cm³/mol. The van der Waals surface area contributed by atoms with E-state index < -0.39 is 15.9 Å². The largest absolute Gasteiger partial charge is 0.497 e. The van der Waals surface area contributed by atoms with Crippen molar-refractivity contribution < 1.29 is 22.7 Å². The van der Waals surface area contributed by atoms with E-state index in [2.05, 4.69) is 5.32 Å². The second-order valence-corrected chi connectivity index (χ2v) is 7.71. The van der Waals surface area contributed by atoms with Crippen molar-refractivity contribution in [1.29, 1.82) is 0 Å². The fourth-order valence-electron chi connectivity index (χ4n) is 2.35. The van der Waals surface area contributed by atoms with Gasteiger partial charge in [-0.1, -0.05) is 0 Å². The quantitative estimate of drug-likeness (QED) is 0.799. The van der Waals surface area contributed by atoms with Gasteiger partial charge in [0.05, 0.1) is 25.7 Å². The molecule has 0 fully saturated rings. The van der Waals surface area contributed by atoms with Crippen molar-refractivity contribution in [2.75, 3.05) is 33.1 Å². The van der Waals surface area contributed by atoms with E-state index in [0.29, 0.717) is 22.7 Å². The van der Waals surface area contributed by atoms with E-state index in [4.69, 9.17) is 9.47 Å². The lowest BCUT2D eigenvalue weighted by Crippen LogP contribution is -2.35. The molecule has 140 valence electrons. The molecule has 26 heavy (non-hydrogen) atoms. The maximum Gasteiger partial charge on any atom is 0.243 e. The lowest BCUT2D eigenvalue weighted by Gasteiger charge is -2.18. The Kier molecular flexibility index (Phi) is 6.23. The standard InChI is InChI=1S/C18H22N2O5S/c1-13-11-16(9-10-17(13)25-4)26(22,23)20(2)12-18(21)19-14-5-7-15(24-3)8-6-14/h5-11H,12H2,1-4H3,(H,19,21). The number of hydrogen-bond donors (Lipinski definition) is 1. The first-order chi connectivity index (χ1) is 12.3. The monoisotopic (exact) mass is 378 g/mol. The van der Waals surface area contributed by atoms with E-state index >= 15 is 0 Å². The van der Waals surface area contributed by atoms with Crippen LogP contribution >= 0.6 is 0 Å². The van der Waals surface area contributed by atoms with E-state index in [9.17, 15) is 13.2 Å². The van der Waals surface area contributed by atoms with E-state index in [1.165, 1.54) is 26.3 Å². The predicted octanol–water partition coefficient (Wildman–Crippen LogP) is 2.27. The van der Waals surface area contributed by atoms with E-state index in [0.717, 1.165) is 4.31 Å². The van der Waals surface area contributed by atoms with Gasteiger partial charge in [0, 0.05) is 12.7 Å². The highest BCUT2D eigenvalue weighted by molar-refractivity contribution is 7.89. The molecule has 7 nitrogen and oxygen atoms in total. The SMILES string of the molecule is COc1ccc(NC(=O)CN(C)S(=O)(=O)c2ccc(OC)c(C)c2)cc1. The van der Waals surface area contributed by atoms with Crippen LogP contribution in [-0.2, 0) is 14.8 Å². The van der Waals surface area contributed by atoms with Crippen LogP contribution in [0.3, 0.4) is 0 Å². The molecule has 0 atom stereocenters. The number of nitrogens with zero attached hydrogens (tertiary/aromatic N) is 1.